The lowest BCUT2D eigenvalue weighted by Crippen LogP contribution is -2.10. The molecule has 1 aromatic heterocycles. The molecule has 4 heteroatoms. The normalized spacial score (nSPS) is 28.7. The summed E-state index contributed by atoms with van der Waals surface area (Å²) in [5.41, 5.74) is 1.04. The number of nitrogens with zero attached hydrogens (tertiary/aromatic N) is 3. The van der Waals surface area contributed by atoms with Gasteiger partial charge in [-0.1, -0.05) is 12.8 Å². The molecule has 1 aliphatic rings. The number of hydrogen-bond donors (Lipinski definition) is 1. The summed E-state index contributed by atoms with van der Waals surface area (Å²) in [4.78, 5) is 1.59. The van der Waals surface area contributed by atoms with Crippen LogP contribution in [0.4, 0.5) is 0 Å². The van der Waals surface area contributed by atoms with Crippen LogP contribution in [0, 0.1) is 0 Å². The monoisotopic (exact) mass is 195 g/mol. The van der Waals surface area contributed by atoms with E-state index < -0.39 is 0 Å². The average molecular weight is 195 g/mol. The van der Waals surface area contributed by atoms with Gasteiger partial charge in [0.05, 0.1) is 18.0 Å². The molecule has 1 heterocycles. The van der Waals surface area contributed by atoms with Crippen molar-refractivity contribution < 1.29 is 5.11 Å². The summed E-state index contributed by atoms with van der Waals surface area (Å²) in [7, 11) is 1.83. The van der Waals surface area contributed by atoms with Gasteiger partial charge in [0.1, 0.15) is 0 Å². The molecule has 1 N–H and O–H groups in total. The summed E-state index contributed by atoms with van der Waals surface area (Å²) < 4.78 is 0. The molecular formula is C10H17N3O. The molecule has 0 spiro atoms. The molecule has 14 heavy (non-hydrogen) atoms. The Morgan fingerprint density at radius 3 is 2.93 bits per heavy atom. The van der Waals surface area contributed by atoms with Gasteiger partial charge < -0.3 is 5.11 Å². The van der Waals surface area contributed by atoms with Crippen molar-refractivity contribution in [3.63, 3.8) is 0 Å². The highest BCUT2D eigenvalue weighted by Crippen LogP contribution is 2.30. The summed E-state index contributed by atoms with van der Waals surface area (Å²) in [5, 5.41) is 18.0. The van der Waals surface area contributed by atoms with Crippen LogP contribution in [-0.4, -0.2) is 26.2 Å². The maximum absolute atomic E-state index is 9.67. The van der Waals surface area contributed by atoms with E-state index in [-0.39, 0.29) is 6.10 Å². The molecule has 1 aromatic rings. The summed E-state index contributed by atoms with van der Waals surface area (Å²) in [6.45, 7) is 0. The lowest BCUT2D eigenvalue weighted by molar-refractivity contribution is 0.151. The van der Waals surface area contributed by atoms with E-state index in [2.05, 4.69) is 10.2 Å². The van der Waals surface area contributed by atoms with Gasteiger partial charge in [0.15, 0.2) is 0 Å². The van der Waals surface area contributed by atoms with E-state index in [4.69, 9.17) is 0 Å². The van der Waals surface area contributed by atoms with Gasteiger partial charge >= 0.3 is 0 Å². The number of aliphatic hydroxyl groups excluding tert-OH is 1. The van der Waals surface area contributed by atoms with Crippen LogP contribution in [0.15, 0.2) is 6.20 Å². The van der Waals surface area contributed by atoms with Crippen LogP contribution in [-0.2, 0) is 7.05 Å². The first-order valence-electron chi connectivity index (χ1n) is 5.30. The molecular weight excluding hydrogens is 178 g/mol. The van der Waals surface area contributed by atoms with E-state index in [1.165, 1.54) is 6.42 Å². The molecule has 0 radical (unpaired) electrons. The number of hydrogen-bond acceptors (Lipinski definition) is 3. The molecule has 78 valence electrons. The zero-order valence-electron chi connectivity index (χ0n) is 8.56. The van der Waals surface area contributed by atoms with Crippen molar-refractivity contribution in [1.82, 2.24) is 15.0 Å². The number of rotatable bonds is 1. The lowest BCUT2D eigenvalue weighted by Gasteiger charge is -2.12. The Hall–Kier alpha value is -0.900. The van der Waals surface area contributed by atoms with Crippen LogP contribution in [0.3, 0.4) is 0 Å². The second-order valence-corrected chi connectivity index (χ2v) is 4.13. The van der Waals surface area contributed by atoms with Gasteiger partial charge in [0.2, 0.25) is 0 Å². The van der Waals surface area contributed by atoms with Crippen LogP contribution in [0.2, 0.25) is 0 Å². The first-order valence-corrected chi connectivity index (χ1v) is 5.30. The standard InChI is InChI=1S/C10H17N3O/c1-13-11-7-10(12-13)8-4-2-3-5-9(14)6-8/h7-9,14H,2-6H2,1H3. The van der Waals surface area contributed by atoms with Crippen molar-refractivity contribution >= 4 is 0 Å². The Bertz CT molecular complexity index is 297. The highest BCUT2D eigenvalue weighted by Gasteiger charge is 2.21. The summed E-state index contributed by atoms with van der Waals surface area (Å²) in [6, 6.07) is 0. The van der Waals surface area contributed by atoms with Gasteiger partial charge in [-0.25, -0.2) is 0 Å². The zero-order chi connectivity index (χ0) is 9.97. The van der Waals surface area contributed by atoms with Crippen molar-refractivity contribution in [3.05, 3.63) is 11.9 Å². The molecule has 2 unspecified atom stereocenters. The molecule has 2 atom stereocenters. The van der Waals surface area contributed by atoms with Gasteiger partial charge in [-0.15, -0.1) is 0 Å². The van der Waals surface area contributed by atoms with Crippen molar-refractivity contribution in [2.24, 2.45) is 7.05 Å². The molecule has 1 saturated carbocycles. The predicted octanol–water partition coefficient (Wildman–Crippen LogP) is 1.22. The van der Waals surface area contributed by atoms with Crippen molar-refractivity contribution in [3.8, 4) is 0 Å². The van der Waals surface area contributed by atoms with Crippen LogP contribution in [0.1, 0.15) is 43.7 Å². The van der Waals surface area contributed by atoms with Crippen molar-refractivity contribution in [2.45, 2.75) is 44.1 Å². The predicted molar refractivity (Wildman–Crippen MR) is 52.8 cm³/mol. The van der Waals surface area contributed by atoms with E-state index in [1.54, 1.807) is 4.80 Å². The second kappa shape index (κ2) is 4.09. The minimum atomic E-state index is -0.149. The maximum Gasteiger partial charge on any atom is 0.0858 e. The third kappa shape index (κ3) is 2.12. The van der Waals surface area contributed by atoms with Crippen LogP contribution in [0.5, 0.6) is 0 Å². The molecule has 1 aliphatic carbocycles. The third-order valence-electron chi connectivity index (χ3n) is 2.93. The Kier molecular flexibility index (Phi) is 2.82. The van der Waals surface area contributed by atoms with Crippen LogP contribution >= 0.6 is 0 Å². The van der Waals surface area contributed by atoms with Crippen molar-refractivity contribution in [1.29, 1.82) is 0 Å². The first-order chi connectivity index (χ1) is 6.75. The highest BCUT2D eigenvalue weighted by atomic mass is 16.3. The first kappa shape index (κ1) is 9.65. The molecule has 4 nitrogen and oxygen atoms in total. The van der Waals surface area contributed by atoms with Gasteiger partial charge in [-0.2, -0.15) is 15.0 Å². The summed E-state index contributed by atoms with van der Waals surface area (Å²) in [5.74, 6) is 0.404. The average Bonchev–Trinajstić information content (AvgIpc) is 2.45. The quantitative estimate of drug-likeness (QED) is 0.685. The van der Waals surface area contributed by atoms with Crippen LogP contribution < -0.4 is 0 Å². The fraction of sp³-hybridized carbons (Fsp3) is 0.800. The highest BCUT2D eigenvalue weighted by molar-refractivity contribution is 5.02. The van der Waals surface area contributed by atoms with E-state index in [0.29, 0.717) is 5.92 Å². The van der Waals surface area contributed by atoms with Crippen molar-refractivity contribution in [2.75, 3.05) is 0 Å². The van der Waals surface area contributed by atoms with Gasteiger partial charge in [-0.05, 0) is 19.3 Å². The maximum atomic E-state index is 9.67. The minimum Gasteiger partial charge on any atom is -0.393 e. The van der Waals surface area contributed by atoms with Gasteiger partial charge in [-0.3, -0.25) is 0 Å². The van der Waals surface area contributed by atoms with E-state index >= 15 is 0 Å². The topological polar surface area (TPSA) is 50.9 Å². The summed E-state index contributed by atoms with van der Waals surface area (Å²) >= 11 is 0. The Balaban J connectivity index is 2.08. The third-order valence-corrected chi connectivity index (χ3v) is 2.93. The van der Waals surface area contributed by atoms with Gasteiger partial charge in [0.25, 0.3) is 0 Å². The van der Waals surface area contributed by atoms with Crippen LogP contribution in [0.25, 0.3) is 0 Å². The van der Waals surface area contributed by atoms with E-state index in [9.17, 15) is 5.11 Å². The van der Waals surface area contributed by atoms with Gasteiger partial charge in [0, 0.05) is 13.0 Å². The molecule has 0 aromatic carbocycles. The molecule has 1 fully saturated rings. The lowest BCUT2D eigenvalue weighted by atomic mass is 9.96. The molecule has 0 bridgehead atoms. The molecule has 0 amide bonds. The van der Waals surface area contributed by atoms with E-state index in [0.717, 1.165) is 31.4 Å². The fourth-order valence-corrected chi connectivity index (χ4v) is 2.15. The largest absolute Gasteiger partial charge is 0.393 e. The summed E-state index contributed by atoms with van der Waals surface area (Å²) in [6.07, 6.45) is 6.92. The molecule has 2 rings (SSSR count). The number of aryl methyl sites for hydroxylation is 1. The Labute approximate surface area is 83.9 Å². The Morgan fingerprint density at radius 2 is 2.21 bits per heavy atom. The number of aromatic nitrogens is 3. The molecule has 0 saturated heterocycles. The second-order valence-electron chi connectivity index (χ2n) is 4.13. The zero-order valence-corrected chi connectivity index (χ0v) is 8.56. The SMILES string of the molecule is Cn1ncc(C2CCCCC(O)C2)n1. The minimum absolute atomic E-state index is 0.149. The smallest absolute Gasteiger partial charge is 0.0858 e. The number of aliphatic hydroxyl groups is 1. The van der Waals surface area contributed by atoms with E-state index in [1.807, 2.05) is 13.2 Å². The molecule has 0 aliphatic heterocycles. The fourth-order valence-electron chi connectivity index (χ4n) is 2.15. The Morgan fingerprint density at radius 1 is 1.43 bits per heavy atom.